The largest absolute Gasteiger partial charge is 0.451 e. The Hall–Kier alpha value is -3.49. The first kappa shape index (κ1) is 29.6. The van der Waals surface area contributed by atoms with Crippen molar-refractivity contribution in [2.24, 2.45) is 11.3 Å². The number of fused-ring (bicyclic) bond motifs is 1. The van der Waals surface area contributed by atoms with Crippen molar-refractivity contribution in [1.82, 2.24) is 25.0 Å². The molecule has 2 aromatic heterocycles. The van der Waals surface area contributed by atoms with Gasteiger partial charge in [0.1, 0.15) is 18.2 Å². The fourth-order valence-corrected chi connectivity index (χ4v) is 7.34. The molecule has 43 heavy (non-hydrogen) atoms. The second-order valence-electron chi connectivity index (χ2n) is 12.4. The van der Waals surface area contributed by atoms with Crippen molar-refractivity contribution >= 4 is 28.5 Å². The van der Waals surface area contributed by atoms with Crippen molar-refractivity contribution in [2.75, 3.05) is 19.6 Å². The standard InChI is InChI=1S/C34H40ClN5O3/c35-27-12-10-25(11-13-27)20-28(38-33(42)32-21-30(41)29-8-4-5-9-31(29)43-32)14-17-39-18-15-34(16-19-39,22-40-24-36-23-37-40)26-6-2-1-3-7-26/h4-5,8-13,21,23-24,26,28H,1-3,6-7,14-20,22H2,(H,38,42)/t28-/m1/s1. The molecule has 1 aliphatic heterocycles. The molecule has 0 bridgehead atoms. The minimum absolute atomic E-state index is 0.0353. The van der Waals surface area contributed by atoms with Gasteiger partial charge in [0, 0.05) is 30.2 Å². The maximum Gasteiger partial charge on any atom is 0.287 e. The monoisotopic (exact) mass is 601 g/mol. The summed E-state index contributed by atoms with van der Waals surface area (Å²) < 4.78 is 7.87. The van der Waals surface area contributed by atoms with Crippen LogP contribution in [0.1, 0.15) is 67.5 Å². The first-order valence-electron chi connectivity index (χ1n) is 15.6. The zero-order chi connectivity index (χ0) is 29.6. The molecule has 6 rings (SSSR count). The summed E-state index contributed by atoms with van der Waals surface area (Å²) in [6.07, 6.45) is 13.9. The van der Waals surface area contributed by atoms with Crippen LogP contribution in [0, 0.1) is 11.3 Å². The Morgan fingerprint density at radius 2 is 1.84 bits per heavy atom. The van der Waals surface area contributed by atoms with Gasteiger partial charge in [-0.15, -0.1) is 0 Å². The van der Waals surface area contributed by atoms with Crippen LogP contribution < -0.4 is 10.7 Å². The van der Waals surface area contributed by atoms with E-state index in [0.717, 1.165) is 56.9 Å². The second-order valence-corrected chi connectivity index (χ2v) is 12.8. The number of piperidine rings is 1. The summed E-state index contributed by atoms with van der Waals surface area (Å²) in [6.45, 7) is 3.89. The molecule has 2 aromatic carbocycles. The Bertz CT molecular complexity index is 1560. The molecule has 8 nitrogen and oxygen atoms in total. The number of benzene rings is 2. The van der Waals surface area contributed by atoms with Crippen LogP contribution in [0.15, 0.2) is 76.5 Å². The normalized spacial score (nSPS) is 18.4. The van der Waals surface area contributed by atoms with Gasteiger partial charge in [-0.2, -0.15) is 5.10 Å². The lowest BCUT2D eigenvalue weighted by Crippen LogP contribution is -2.48. The van der Waals surface area contributed by atoms with Crippen molar-refractivity contribution in [1.29, 1.82) is 0 Å². The number of hydrogen-bond acceptors (Lipinski definition) is 6. The van der Waals surface area contributed by atoms with Crippen molar-refractivity contribution < 1.29 is 9.21 Å². The van der Waals surface area contributed by atoms with Crippen LogP contribution in [0.5, 0.6) is 0 Å². The number of hydrogen-bond donors (Lipinski definition) is 1. The number of aromatic nitrogens is 3. The van der Waals surface area contributed by atoms with E-state index in [9.17, 15) is 9.59 Å². The number of likely N-dealkylation sites (tertiary alicyclic amines) is 1. The number of rotatable bonds is 10. The van der Waals surface area contributed by atoms with Gasteiger partial charge in [-0.1, -0.05) is 55.1 Å². The van der Waals surface area contributed by atoms with E-state index in [2.05, 4.69) is 20.3 Å². The predicted molar refractivity (Wildman–Crippen MR) is 168 cm³/mol. The molecule has 0 unspecified atom stereocenters. The molecule has 2 aliphatic rings. The van der Waals surface area contributed by atoms with Gasteiger partial charge in [-0.25, -0.2) is 4.98 Å². The number of nitrogens with zero attached hydrogens (tertiary/aromatic N) is 4. The van der Waals surface area contributed by atoms with Gasteiger partial charge >= 0.3 is 0 Å². The van der Waals surface area contributed by atoms with E-state index < -0.39 is 0 Å². The summed E-state index contributed by atoms with van der Waals surface area (Å²) in [6, 6.07) is 15.9. The van der Waals surface area contributed by atoms with Gasteiger partial charge in [-0.3, -0.25) is 14.3 Å². The summed E-state index contributed by atoms with van der Waals surface area (Å²) in [4.78, 5) is 32.8. The molecule has 1 N–H and O–H groups in total. The molecule has 1 atom stereocenters. The van der Waals surface area contributed by atoms with Gasteiger partial charge in [0.25, 0.3) is 5.91 Å². The number of nitrogens with one attached hydrogen (secondary N) is 1. The smallest absolute Gasteiger partial charge is 0.287 e. The quantitative estimate of drug-likeness (QED) is 0.235. The fourth-order valence-electron chi connectivity index (χ4n) is 7.21. The Labute approximate surface area is 257 Å². The number of amides is 1. The maximum atomic E-state index is 13.4. The highest BCUT2D eigenvalue weighted by Crippen LogP contribution is 2.47. The minimum Gasteiger partial charge on any atom is -0.451 e. The van der Waals surface area contributed by atoms with Gasteiger partial charge in [-0.05, 0) is 92.8 Å². The van der Waals surface area contributed by atoms with Gasteiger partial charge in [0.2, 0.25) is 0 Å². The average Bonchev–Trinajstić information content (AvgIpc) is 3.55. The predicted octanol–water partition coefficient (Wildman–Crippen LogP) is 6.13. The van der Waals surface area contributed by atoms with Crippen LogP contribution in [-0.2, 0) is 13.0 Å². The molecular weight excluding hydrogens is 562 g/mol. The zero-order valence-corrected chi connectivity index (χ0v) is 25.3. The number of halogens is 1. The first-order chi connectivity index (χ1) is 21.0. The molecule has 1 amide bonds. The highest BCUT2D eigenvalue weighted by molar-refractivity contribution is 6.30. The summed E-state index contributed by atoms with van der Waals surface area (Å²) in [7, 11) is 0. The maximum absolute atomic E-state index is 13.4. The van der Waals surface area contributed by atoms with E-state index in [-0.39, 0.29) is 28.6 Å². The van der Waals surface area contributed by atoms with Crippen molar-refractivity contribution in [2.45, 2.75) is 70.4 Å². The van der Waals surface area contributed by atoms with E-state index >= 15 is 0 Å². The molecule has 9 heteroatoms. The summed E-state index contributed by atoms with van der Waals surface area (Å²) in [5.74, 6) is 0.402. The van der Waals surface area contributed by atoms with E-state index in [0.29, 0.717) is 22.4 Å². The van der Waals surface area contributed by atoms with Crippen LogP contribution in [0.3, 0.4) is 0 Å². The molecule has 1 saturated carbocycles. The summed E-state index contributed by atoms with van der Waals surface area (Å²) >= 11 is 6.13. The molecule has 4 aromatic rings. The molecule has 3 heterocycles. The van der Waals surface area contributed by atoms with E-state index in [1.165, 1.54) is 38.2 Å². The van der Waals surface area contributed by atoms with Gasteiger partial charge in [0.15, 0.2) is 11.2 Å². The lowest BCUT2D eigenvalue weighted by molar-refractivity contribution is 0.0104. The SMILES string of the molecule is O=C(N[C@H](CCN1CCC(Cn2cncn2)(C2CCCCC2)CC1)Cc1ccc(Cl)cc1)c1cc(=O)c2ccccc2o1. The van der Waals surface area contributed by atoms with E-state index in [1.807, 2.05) is 35.3 Å². The summed E-state index contributed by atoms with van der Waals surface area (Å²) in [5.41, 5.74) is 1.55. The second kappa shape index (κ2) is 13.4. The van der Waals surface area contributed by atoms with Crippen LogP contribution in [0.2, 0.25) is 5.02 Å². The lowest BCUT2D eigenvalue weighted by Gasteiger charge is -2.48. The molecule has 0 spiro atoms. The molecule has 1 aliphatic carbocycles. The fraction of sp³-hybridized carbons (Fsp3) is 0.471. The van der Waals surface area contributed by atoms with E-state index in [4.69, 9.17) is 16.0 Å². The summed E-state index contributed by atoms with van der Waals surface area (Å²) in [5, 5.41) is 8.79. The Balaban J connectivity index is 1.13. The third-order valence-electron chi connectivity index (χ3n) is 9.65. The van der Waals surface area contributed by atoms with E-state index in [1.54, 1.807) is 30.6 Å². The zero-order valence-electron chi connectivity index (χ0n) is 24.6. The van der Waals surface area contributed by atoms with Crippen molar-refractivity contribution in [3.63, 3.8) is 0 Å². The Morgan fingerprint density at radius 3 is 2.58 bits per heavy atom. The highest BCUT2D eigenvalue weighted by atomic mass is 35.5. The van der Waals surface area contributed by atoms with Crippen LogP contribution in [-0.4, -0.2) is 51.2 Å². The number of para-hydroxylation sites is 1. The molecule has 0 radical (unpaired) electrons. The van der Waals surface area contributed by atoms with Crippen LogP contribution in [0.4, 0.5) is 0 Å². The molecule has 1 saturated heterocycles. The molecule has 2 fully saturated rings. The van der Waals surface area contributed by atoms with Crippen molar-refractivity contribution in [3.8, 4) is 0 Å². The number of carbonyl (C=O) groups excluding carboxylic acids is 1. The first-order valence-corrected chi connectivity index (χ1v) is 16.0. The van der Waals surface area contributed by atoms with Gasteiger partial charge < -0.3 is 14.6 Å². The van der Waals surface area contributed by atoms with Crippen LogP contribution in [0.25, 0.3) is 11.0 Å². The molecule has 226 valence electrons. The third-order valence-corrected chi connectivity index (χ3v) is 9.90. The lowest BCUT2D eigenvalue weighted by atomic mass is 9.63. The third kappa shape index (κ3) is 7.19. The Kier molecular flexibility index (Phi) is 9.24. The number of carbonyl (C=O) groups is 1. The Morgan fingerprint density at radius 1 is 1.07 bits per heavy atom. The molecular formula is C34H40ClN5O3. The average molecular weight is 602 g/mol. The van der Waals surface area contributed by atoms with Crippen LogP contribution >= 0.6 is 11.6 Å². The highest BCUT2D eigenvalue weighted by Gasteiger charge is 2.42. The topological polar surface area (TPSA) is 93.3 Å². The van der Waals surface area contributed by atoms with Crippen molar-refractivity contribution in [3.05, 3.63) is 93.8 Å². The minimum atomic E-state index is -0.371. The van der Waals surface area contributed by atoms with Gasteiger partial charge in [0.05, 0.1) is 5.39 Å².